The van der Waals surface area contributed by atoms with E-state index >= 15 is 0 Å². The molecule has 1 aromatic heterocycles. The van der Waals surface area contributed by atoms with Crippen LogP contribution in [0.25, 0.3) is 0 Å². The molecule has 0 bridgehead atoms. The molecular formula is C18H30N2. The Bertz CT molecular complexity index is 385. The smallest absolute Gasteiger partial charge is 0.0406 e. The highest BCUT2D eigenvalue weighted by molar-refractivity contribution is 5.14. The van der Waals surface area contributed by atoms with Crippen molar-refractivity contribution in [1.29, 1.82) is 0 Å². The molecule has 3 unspecified atom stereocenters. The summed E-state index contributed by atoms with van der Waals surface area (Å²) in [5.41, 5.74) is 2.63. The molecule has 2 nitrogen and oxygen atoms in total. The number of hydrogen-bond acceptors (Lipinski definition) is 2. The number of rotatable bonds is 6. The summed E-state index contributed by atoms with van der Waals surface area (Å²) in [5, 5.41) is 3.38. The standard InChI is InChI=1S/C18H30N2/c1-4-14-6-8-16(13-19-3)17(10-14)11-18-9-7-15(5-2)12-20-18/h7,9,12,14,16-17,19H,4-6,8,10-11,13H2,1-3H3. The predicted molar refractivity (Wildman–Crippen MR) is 85.9 cm³/mol. The molecule has 0 amide bonds. The zero-order chi connectivity index (χ0) is 14.4. The van der Waals surface area contributed by atoms with Crippen LogP contribution < -0.4 is 5.32 Å². The third-order valence-corrected chi connectivity index (χ3v) is 5.06. The minimum absolute atomic E-state index is 0.807. The maximum absolute atomic E-state index is 4.67. The van der Waals surface area contributed by atoms with E-state index in [1.807, 2.05) is 0 Å². The van der Waals surface area contributed by atoms with Crippen molar-refractivity contribution in [2.24, 2.45) is 17.8 Å². The number of aromatic nitrogens is 1. The summed E-state index contributed by atoms with van der Waals surface area (Å²) in [6.07, 6.45) is 9.83. The lowest BCUT2D eigenvalue weighted by atomic mass is 9.71. The highest BCUT2D eigenvalue weighted by Gasteiger charge is 2.29. The Balaban J connectivity index is 2.01. The van der Waals surface area contributed by atoms with Crippen molar-refractivity contribution in [1.82, 2.24) is 10.3 Å². The van der Waals surface area contributed by atoms with Crippen molar-refractivity contribution in [3.05, 3.63) is 29.6 Å². The van der Waals surface area contributed by atoms with Gasteiger partial charge in [-0.05, 0) is 68.7 Å². The van der Waals surface area contributed by atoms with Crippen LogP contribution in [0, 0.1) is 17.8 Å². The maximum atomic E-state index is 4.67. The predicted octanol–water partition coefficient (Wildman–Crippen LogP) is 3.85. The van der Waals surface area contributed by atoms with Crippen LogP contribution >= 0.6 is 0 Å². The minimum atomic E-state index is 0.807. The van der Waals surface area contributed by atoms with E-state index < -0.39 is 0 Å². The van der Waals surface area contributed by atoms with E-state index in [1.54, 1.807) is 0 Å². The molecule has 2 rings (SSSR count). The van der Waals surface area contributed by atoms with Crippen LogP contribution in [0.5, 0.6) is 0 Å². The Hall–Kier alpha value is -0.890. The largest absolute Gasteiger partial charge is 0.319 e. The van der Waals surface area contributed by atoms with Crippen molar-refractivity contribution in [2.45, 2.75) is 52.4 Å². The normalized spacial score (nSPS) is 26.6. The Labute approximate surface area is 124 Å². The summed E-state index contributed by atoms with van der Waals surface area (Å²) in [7, 11) is 2.08. The molecule has 0 aliphatic heterocycles. The third-order valence-electron chi connectivity index (χ3n) is 5.06. The molecular weight excluding hydrogens is 244 g/mol. The molecule has 112 valence electrons. The highest BCUT2D eigenvalue weighted by atomic mass is 14.8. The molecule has 3 atom stereocenters. The second kappa shape index (κ2) is 7.78. The summed E-state index contributed by atoms with van der Waals surface area (Å²) in [5.74, 6) is 2.57. The lowest BCUT2D eigenvalue weighted by Gasteiger charge is -2.36. The van der Waals surface area contributed by atoms with Gasteiger partial charge in [0.2, 0.25) is 0 Å². The average molecular weight is 274 g/mol. The van der Waals surface area contributed by atoms with Gasteiger partial charge < -0.3 is 5.32 Å². The maximum Gasteiger partial charge on any atom is 0.0406 e. The molecule has 0 aromatic carbocycles. The number of nitrogens with zero attached hydrogens (tertiary/aromatic N) is 1. The molecule has 2 heteroatoms. The van der Waals surface area contributed by atoms with Crippen LogP contribution in [0.2, 0.25) is 0 Å². The second-order valence-electron chi connectivity index (χ2n) is 6.38. The lowest BCUT2D eigenvalue weighted by molar-refractivity contribution is 0.172. The van der Waals surface area contributed by atoms with Gasteiger partial charge in [0.15, 0.2) is 0 Å². The number of nitrogens with one attached hydrogen (secondary N) is 1. The summed E-state index contributed by atoms with van der Waals surface area (Å²) >= 11 is 0. The van der Waals surface area contributed by atoms with Crippen LogP contribution in [-0.2, 0) is 12.8 Å². The van der Waals surface area contributed by atoms with E-state index in [1.165, 1.54) is 36.9 Å². The lowest BCUT2D eigenvalue weighted by Crippen LogP contribution is -2.33. The van der Waals surface area contributed by atoms with Crippen LogP contribution in [-0.4, -0.2) is 18.6 Å². The topological polar surface area (TPSA) is 24.9 Å². The molecule has 1 aliphatic rings. The first-order valence-corrected chi connectivity index (χ1v) is 8.35. The Morgan fingerprint density at radius 3 is 2.65 bits per heavy atom. The minimum Gasteiger partial charge on any atom is -0.319 e. The number of aryl methyl sites for hydroxylation is 1. The molecule has 0 saturated heterocycles. The van der Waals surface area contributed by atoms with Gasteiger partial charge in [0.1, 0.15) is 0 Å². The molecule has 1 heterocycles. The van der Waals surface area contributed by atoms with Gasteiger partial charge in [0, 0.05) is 11.9 Å². The molecule has 1 N–H and O–H groups in total. The molecule has 1 fully saturated rings. The summed E-state index contributed by atoms with van der Waals surface area (Å²) < 4.78 is 0. The first-order chi connectivity index (χ1) is 9.76. The van der Waals surface area contributed by atoms with E-state index in [0.29, 0.717) is 0 Å². The van der Waals surface area contributed by atoms with E-state index in [-0.39, 0.29) is 0 Å². The van der Waals surface area contributed by atoms with Crippen molar-refractivity contribution in [2.75, 3.05) is 13.6 Å². The molecule has 1 saturated carbocycles. The van der Waals surface area contributed by atoms with Gasteiger partial charge in [-0.3, -0.25) is 4.98 Å². The van der Waals surface area contributed by atoms with Crippen LogP contribution in [0.3, 0.4) is 0 Å². The molecule has 1 aliphatic carbocycles. The van der Waals surface area contributed by atoms with Gasteiger partial charge in [-0.1, -0.05) is 32.8 Å². The summed E-state index contributed by atoms with van der Waals surface area (Å²) in [6, 6.07) is 4.49. The fourth-order valence-electron chi connectivity index (χ4n) is 3.63. The van der Waals surface area contributed by atoms with Gasteiger partial charge in [-0.15, -0.1) is 0 Å². The molecule has 0 radical (unpaired) electrons. The Kier molecular flexibility index (Phi) is 6.03. The van der Waals surface area contributed by atoms with Gasteiger partial charge >= 0.3 is 0 Å². The van der Waals surface area contributed by atoms with Gasteiger partial charge in [-0.2, -0.15) is 0 Å². The average Bonchev–Trinajstić information content (AvgIpc) is 2.50. The quantitative estimate of drug-likeness (QED) is 0.852. The van der Waals surface area contributed by atoms with Gasteiger partial charge in [0.25, 0.3) is 0 Å². The first kappa shape index (κ1) is 15.5. The van der Waals surface area contributed by atoms with E-state index in [2.05, 4.69) is 49.5 Å². The van der Waals surface area contributed by atoms with Crippen molar-refractivity contribution < 1.29 is 0 Å². The van der Waals surface area contributed by atoms with E-state index in [4.69, 9.17) is 0 Å². The zero-order valence-electron chi connectivity index (χ0n) is 13.4. The summed E-state index contributed by atoms with van der Waals surface area (Å²) in [4.78, 5) is 4.67. The Morgan fingerprint density at radius 1 is 1.20 bits per heavy atom. The SMILES string of the molecule is CCc1ccc(CC2CC(CC)CCC2CNC)nc1. The van der Waals surface area contributed by atoms with Gasteiger partial charge in [0.05, 0.1) is 0 Å². The fraction of sp³-hybridized carbons (Fsp3) is 0.722. The molecule has 20 heavy (non-hydrogen) atoms. The second-order valence-corrected chi connectivity index (χ2v) is 6.38. The van der Waals surface area contributed by atoms with Crippen molar-refractivity contribution in [3.63, 3.8) is 0 Å². The van der Waals surface area contributed by atoms with Gasteiger partial charge in [-0.25, -0.2) is 0 Å². The van der Waals surface area contributed by atoms with Crippen LogP contribution in [0.15, 0.2) is 18.3 Å². The molecule has 0 spiro atoms. The summed E-state index contributed by atoms with van der Waals surface area (Å²) in [6.45, 7) is 5.69. The first-order valence-electron chi connectivity index (χ1n) is 8.35. The Morgan fingerprint density at radius 2 is 2.05 bits per heavy atom. The monoisotopic (exact) mass is 274 g/mol. The van der Waals surface area contributed by atoms with Crippen LogP contribution in [0.1, 0.15) is 50.8 Å². The van der Waals surface area contributed by atoms with E-state index in [9.17, 15) is 0 Å². The third kappa shape index (κ3) is 4.05. The zero-order valence-corrected chi connectivity index (χ0v) is 13.4. The fourth-order valence-corrected chi connectivity index (χ4v) is 3.63. The van der Waals surface area contributed by atoms with Crippen molar-refractivity contribution in [3.8, 4) is 0 Å². The van der Waals surface area contributed by atoms with Crippen molar-refractivity contribution >= 4 is 0 Å². The number of pyridine rings is 1. The number of hydrogen-bond donors (Lipinski definition) is 1. The van der Waals surface area contributed by atoms with E-state index in [0.717, 1.165) is 37.1 Å². The highest BCUT2D eigenvalue weighted by Crippen LogP contribution is 2.36. The molecule has 1 aromatic rings. The van der Waals surface area contributed by atoms with Crippen LogP contribution in [0.4, 0.5) is 0 Å².